The van der Waals surface area contributed by atoms with E-state index >= 15 is 0 Å². The van der Waals surface area contributed by atoms with Gasteiger partial charge in [-0.1, -0.05) is 24.3 Å². The molecular weight excluding hydrogens is 355 g/mol. The Morgan fingerprint density at radius 2 is 1.79 bits per heavy atom. The van der Waals surface area contributed by atoms with Gasteiger partial charge in [0.1, 0.15) is 5.82 Å². The zero-order valence-corrected chi connectivity index (χ0v) is 15.8. The number of morpholine rings is 1. The number of halogens is 1. The number of nitrogens with zero attached hydrogens (tertiary/aromatic N) is 3. The van der Waals surface area contributed by atoms with Crippen LogP contribution in [-0.4, -0.2) is 47.3 Å². The minimum absolute atomic E-state index is 0.199. The van der Waals surface area contributed by atoms with Crippen molar-refractivity contribution in [2.75, 3.05) is 32.8 Å². The number of imidazole rings is 1. The fourth-order valence-electron chi connectivity index (χ4n) is 3.58. The van der Waals surface area contributed by atoms with Gasteiger partial charge < -0.3 is 14.6 Å². The van der Waals surface area contributed by atoms with Gasteiger partial charge in [0.15, 0.2) is 0 Å². The van der Waals surface area contributed by atoms with Crippen LogP contribution in [0.5, 0.6) is 0 Å². The fourth-order valence-corrected chi connectivity index (χ4v) is 3.58. The summed E-state index contributed by atoms with van der Waals surface area (Å²) in [5.74, 6) is -0.199. The Kier molecular flexibility index (Phi) is 6.11. The van der Waals surface area contributed by atoms with Gasteiger partial charge in [0.2, 0.25) is 0 Å². The Labute approximate surface area is 164 Å². The Morgan fingerprint density at radius 1 is 1.04 bits per heavy atom. The second-order valence-electron chi connectivity index (χ2n) is 6.98. The molecular formula is C22H25FN4O. The quantitative estimate of drug-likeness (QED) is 0.684. The fraction of sp³-hybridized carbons (Fsp3) is 0.318. The molecule has 0 amide bonds. The third kappa shape index (κ3) is 4.65. The lowest BCUT2D eigenvalue weighted by atomic mass is 10.0. The van der Waals surface area contributed by atoms with Crippen molar-refractivity contribution in [3.8, 4) is 5.69 Å². The van der Waals surface area contributed by atoms with E-state index in [1.54, 1.807) is 12.5 Å². The predicted octanol–water partition coefficient (Wildman–Crippen LogP) is 3.17. The van der Waals surface area contributed by atoms with Gasteiger partial charge >= 0.3 is 0 Å². The van der Waals surface area contributed by atoms with Crippen LogP contribution in [-0.2, 0) is 11.3 Å². The van der Waals surface area contributed by atoms with Crippen molar-refractivity contribution >= 4 is 0 Å². The summed E-state index contributed by atoms with van der Waals surface area (Å²) in [5.41, 5.74) is 3.45. The molecule has 1 aromatic heterocycles. The molecule has 146 valence electrons. The standard InChI is InChI=1S/C22H25FN4O/c23-20-5-3-19(4-6-20)22(26-11-13-28-14-12-26)16-25-15-18-1-7-21(8-2-18)27-10-9-24-17-27/h1-10,17,22,25H,11-16H2. The Bertz CT molecular complexity index is 843. The number of hydrogen-bond acceptors (Lipinski definition) is 4. The summed E-state index contributed by atoms with van der Waals surface area (Å²) in [6, 6.07) is 15.5. The highest BCUT2D eigenvalue weighted by Gasteiger charge is 2.22. The molecule has 1 aliphatic heterocycles. The van der Waals surface area contributed by atoms with E-state index in [-0.39, 0.29) is 11.9 Å². The highest BCUT2D eigenvalue weighted by molar-refractivity contribution is 5.34. The summed E-state index contributed by atoms with van der Waals surface area (Å²) in [6.45, 7) is 4.86. The average Bonchev–Trinajstić information content (AvgIpc) is 3.28. The molecule has 0 bridgehead atoms. The molecule has 0 aliphatic carbocycles. The van der Waals surface area contributed by atoms with Crippen LogP contribution in [0.25, 0.3) is 5.69 Å². The topological polar surface area (TPSA) is 42.3 Å². The molecule has 1 fully saturated rings. The number of aromatic nitrogens is 2. The van der Waals surface area contributed by atoms with Crippen molar-refractivity contribution < 1.29 is 9.13 Å². The number of rotatable bonds is 7. The van der Waals surface area contributed by atoms with E-state index in [0.29, 0.717) is 0 Å². The first-order valence-corrected chi connectivity index (χ1v) is 9.65. The lowest BCUT2D eigenvalue weighted by Gasteiger charge is -2.35. The minimum atomic E-state index is -0.199. The van der Waals surface area contributed by atoms with Gasteiger partial charge in [0, 0.05) is 50.3 Å². The van der Waals surface area contributed by atoms with E-state index in [1.165, 1.54) is 17.7 Å². The third-order valence-electron chi connectivity index (χ3n) is 5.15. The number of benzene rings is 2. The maximum atomic E-state index is 13.3. The summed E-state index contributed by atoms with van der Waals surface area (Å²) >= 11 is 0. The van der Waals surface area contributed by atoms with Gasteiger partial charge in [-0.2, -0.15) is 0 Å². The lowest BCUT2D eigenvalue weighted by Crippen LogP contribution is -2.42. The molecule has 1 atom stereocenters. The monoisotopic (exact) mass is 380 g/mol. The van der Waals surface area contributed by atoms with E-state index in [1.807, 2.05) is 22.9 Å². The molecule has 6 heteroatoms. The predicted molar refractivity (Wildman–Crippen MR) is 107 cm³/mol. The van der Waals surface area contributed by atoms with Crippen molar-refractivity contribution in [1.82, 2.24) is 19.8 Å². The summed E-state index contributed by atoms with van der Waals surface area (Å²) in [4.78, 5) is 6.49. The maximum Gasteiger partial charge on any atom is 0.123 e. The average molecular weight is 380 g/mol. The van der Waals surface area contributed by atoms with Gasteiger partial charge in [-0.25, -0.2) is 9.37 Å². The van der Waals surface area contributed by atoms with Crippen LogP contribution < -0.4 is 5.32 Å². The zero-order valence-electron chi connectivity index (χ0n) is 15.8. The van der Waals surface area contributed by atoms with Crippen molar-refractivity contribution in [2.45, 2.75) is 12.6 Å². The first kappa shape index (κ1) is 18.8. The van der Waals surface area contributed by atoms with E-state index in [4.69, 9.17) is 4.74 Å². The molecule has 2 aromatic carbocycles. The molecule has 1 saturated heterocycles. The number of hydrogen-bond donors (Lipinski definition) is 1. The molecule has 0 radical (unpaired) electrons. The van der Waals surface area contributed by atoms with E-state index < -0.39 is 0 Å². The van der Waals surface area contributed by atoms with Crippen molar-refractivity contribution in [3.05, 3.63) is 84.2 Å². The molecule has 1 aliphatic rings. The number of ether oxygens (including phenoxy) is 1. The van der Waals surface area contributed by atoms with E-state index in [9.17, 15) is 4.39 Å². The SMILES string of the molecule is Fc1ccc(C(CNCc2ccc(-n3ccnc3)cc2)N2CCOCC2)cc1. The van der Waals surface area contributed by atoms with Crippen LogP contribution in [0.3, 0.4) is 0 Å². The first-order chi connectivity index (χ1) is 13.8. The van der Waals surface area contributed by atoms with Crippen molar-refractivity contribution in [1.29, 1.82) is 0 Å². The molecule has 1 unspecified atom stereocenters. The smallest absolute Gasteiger partial charge is 0.123 e. The molecule has 4 rings (SSSR count). The van der Waals surface area contributed by atoms with E-state index in [0.717, 1.165) is 50.6 Å². The molecule has 3 aromatic rings. The van der Waals surface area contributed by atoms with E-state index in [2.05, 4.69) is 39.5 Å². The first-order valence-electron chi connectivity index (χ1n) is 9.65. The summed E-state index contributed by atoms with van der Waals surface area (Å²) in [5, 5.41) is 3.57. The Balaban J connectivity index is 1.39. The van der Waals surface area contributed by atoms with Gasteiger partial charge in [0.05, 0.1) is 19.5 Å². The van der Waals surface area contributed by atoms with Gasteiger partial charge in [-0.3, -0.25) is 4.90 Å². The van der Waals surface area contributed by atoms with Crippen LogP contribution in [0.4, 0.5) is 4.39 Å². The van der Waals surface area contributed by atoms with Gasteiger partial charge in [0.25, 0.3) is 0 Å². The van der Waals surface area contributed by atoms with Crippen LogP contribution in [0.15, 0.2) is 67.3 Å². The summed E-state index contributed by atoms with van der Waals surface area (Å²) in [6.07, 6.45) is 5.50. The van der Waals surface area contributed by atoms with Crippen molar-refractivity contribution in [2.24, 2.45) is 0 Å². The largest absolute Gasteiger partial charge is 0.379 e. The highest BCUT2D eigenvalue weighted by atomic mass is 19.1. The molecule has 0 saturated carbocycles. The minimum Gasteiger partial charge on any atom is -0.379 e. The van der Waals surface area contributed by atoms with Gasteiger partial charge in [-0.15, -0.1) is 0 Å². The second-order valence-corrected chi connectivity index (χ2v) is 6.98. The number of nitrogens with one attached hydrogen (secondary N) is 1. The van der Waals surface area contributed by atoms with Gasteiger partial charge in [-0.05, 0) is 35.4 Å². The van der Waals surface area contributed by atoms with Crippen molar-refractivity contribution in [3.63, 3.8) is 0 Å². The molecule has 5 nitrogen and oxygen atoms in total. The normalized spacial score (nSPS) is 16.2. The third-order valence-corrected chi connectivity index (χ3v) is 5.15. The van der Waals surface area contributed by atoms with Crippen LogP contribution in [0.1, 0.15) is 17.2 Å². The molecule has 1 N–H and O–H groups in total. The Hall–Kier alpha value is -2.54. The Morgan fingerprint density at radius 3 is 2.46 bits per heavy atom. The highest BCUT2D eigenvalue weighted by Crippen LogP contribution is 2.22. The summed E-state index contributed by atoms with van der Waals surface area (Å²) in [7, 11) is 0. The zero-order chi connectivity index (χ0) is 19.2. The second kappa shape index (κ2) is 9.10. The lowest BCUT2D eigenvalue weighted by molar-refractivity contribution is 0.0161. The summed E-state index contributed by atoms with van der Waals surface area (Å²) < 4.78 is 20.8. The van der Waals surface area contributed by atoms with Crippen LogP contribution >= 0.6 is 0 Å². The van der Waals surface area contributed by atoms with Crippen LogP contribution in [0.2, 0.25) is 0 Å². The maximum absolute atomic E-state index is 13.3. The molecule has 28 heavy (non-hydrogen) atoms. The molecule has 0 spiro atoms. The van der Waals surface area contributed by atoms with Crippen LogP contribution in [0, 0.1) is 5.82 Å². The molecule has 2 heterocycles.